The highest BCUT2D eigenvalue weighted by atomic mass is 32.2. The summed E-state index contributed by atoms with van der Waals surface area (Å²) in [6.07, 6.45) is 1.97. The van der Waals surface area contributed by atoms with Crippen molar-refractivity contribution in [3.8, 4) is 0 Å². The summed E-state index contributed by atoms with van der Waals surface area (Å²) in [5.41, 5.74) is 1.18. The number of allylic oxidation sites excluding steroid dienone is 1. The third-order valence-corrected chi connectivity index (χ3v) is 3.83. The molecule has 0 radical (unpaired) electrons. The summed E-state index contributed by atoms with van der Waals surface area (Å²) < 4.78 is 5.25. The molecule has 92 valence electrons. The standard InChI is InChI=1S/C12H21NO2S/c1-9(2)10(3)11(16-4)12(14)13-5-7-15-8-6-13/h9H,5-8H2,1-4H3. The maximum Gasteiger partial charge on any atom is 0.260 e. The van der Waals surface area contributed by atoms with Crippen LogP contribution in [0.15, 0.2) is 10.5 Å². The Balaban J connectivity index is 2.79. The summed E-state index contributed by atoms with van der Waals surface area (Å²) >= 11 is 1.56. The van der Waals surface area contributed by atoms with Gasteiger partial charge in [0.2, 0.25) is 0 Å². The van der Waals surface area contributed by atoms with Gasteiger partial charge in [0, 0.05) is 13.1 Å². The highest BCUT2D eigenvalue weighted by molar-refractivity contribution is 8.03. The van der Waals surface area contributed by atoms with Crippen molar-refractivity contribution in [3.05, 3.63) is 10.5 Å². The minimum Gasteiger partial charge on any atom is -0.378 e. The molecule has 0 aromatic carbocycles. The van der Waals surface area contributed by atoms with Gasteiger partial charge in [0.1, 0.15) is 0 Å². The van der Waals surface area contributed by atoms with Crippen molar-refractivity contribution in [2.45, 2.75) is 20.8 Å². The van der Waals surface area contributed by atoms with Crippen molar-refractivity contribution >= 4 is 17.7 Å². The first-order valence-corrected chi connectivity index (χ1v) is 6.92. The van der Waals surface area contributed by atoms with Gasteiger partial charge in [-0.15, -0.1) is 11.8 Å². The van der Waals surface area contributed by atoms with E-state index in [1.165, 1.54) is 5.57 Å². The van der Waals surface area contributed by atoms with E-state index < -0.39 is 0 Å². The van der Waals surface area contributed by atoms with Crippen LogP contribution in [0.3, 0.4) is 0 Å². The smallest absolute Gasteiger partial charge is 0.260 e. The number of nitrogens with zero attached hydrogens (tertiary/aromatic N) is 1. The number of carbonyl (C=O) groups excluding carboxylic acids is 1. The van der Waals surface area contributed by atoms with Gasteiger partial charge in [-0.05, 0) is 19.1 Å². The van der Waals surface area contributed by atoms with Crippen LogP contribution in [0.5, 0.6) is 0 Å². The van der Waals surface area contributed by atoms with E-state index in [4.69, 9.17) is 4.74 Å². The first-order chi connectivity index (χ1) is 7.57. The zero-order valence-corrected chi connectivity index (χ0v) is 11.4. The third-order valence-electron chi connectivity index (χ3n) is 2.92. The Morgan fingerprint density at radius 1 is 1.31 bits per heavy atom. The molecule has 1 aliphatic heterocycles. The van der Waals surface area contributed by atoms with Crippen molar-refractivity contribution in [2.75, 3.05) is 32.6 Å². The van der Waals surface area contributed by atoms with Crippen LogP contribution >= 0.6 is 11.8 Å². The molecule has 1 amide bonds. The normalized spacial score (nSPS) is 18.7. The summed E-state index contributed by atoms with van der Waals surface area (Å²) in [5, 5.41) is 0. The van der Waals surface area contributed by atoms with E-state index in [2.05, 4.69) is 20.8 Å². The highest BCUT2D eigenvalue weighted by Gasteiger charge is 2.22. The lowest BCUT2D eigenvalue weighted by atomic mass is 10.0. The molecule has 0 N–H and O–H groups in total. The Hall–Kier alpha value is -0.480. The van der Waals surface area contributed by atoms with E-state index >= 15 is 0 Å². The molecule has 3 nitrogen and oxygen atoms in total. The van der Waals surface area contributed by atoms with Crippen molar-refractivity contribution < 1.29 is 9.53 Å². The Bertz CT molecular complexity index is 281. The number of carbonyl (C=O) groups is 1. The van der Waals surface area contributed by atoms with Gasteiger partial charge in [-0.1, -0.05) is 19.4 Å². The summed E-state index contributed by atoms with van der Waals surface area (Å²) in [6.45, 7) is 9.05. The van der Waals surface area contributed by atoms with Gasteiger partial charge in [-0.2, -0.15) is 0 Å². The van der Waals surface area contributed by atoms with E-state index in [9.17, 15) is 4.79 Å². The molecule has 0 saturated carbocycles. The Morgan fingerprint density at radius 2 is 1.88 bits per heavy atom. The molecular formula is C12H21NO2S. The Morgan fingerprint density at radius 3 is 2.31 bits per heavy atom. The van der Waals surface area contributed by atoms with E-state index in [-0.39, 0.29) is 5.91 Å². The van der Waals surface area contributed by atoms with Gasteiger partial charge in [0.15, 0.2) is 0 Å². The summed E-state index contributed by atoms with van der Waals surface area (Å²) in [6, 6.07) is 0. The lowest BCUT2D eigenvalue weighted by Gasteiger charge is -2.28. The minimum absolute atomic E-state index is 0.169. The molecule has 0 aromatic heterocycles. The predicted molar refractivity (Wildman–Crippen MR) is 68.5 cm³/mol. The molecule has 4 heteroatoms. The lowest BCUT2D eigenvalue weighted by molar-refractivity contribution is -0.130. The van der Waals surface area contributed by atoms with Crippen molar-refractivity contribution in [3.63, 3.8) is 0 Å². The average Bonchev–Trinajstić information content (AvgIpc) is 2.30. The monoisotopic (exact) mass is 243 g/mol. The number of hydrogen-bond donors (Lipinski definition) is 0. The van der Waals surface area contributed by atoms with Crippen LogP contribution in [0.2, 0.25) is 0 Å². The first-order valence-electron chi connectivity index (χ1n) is 5.69. The molecule has 0 aromatic rings. The maximum atomic E-state index is 12.3. The van der Waals surface area contributed by atoms with Crippen LogP contribution < -0.4 is 0 Å². The minimum atomic E-state index is 0.169. The lowest BCUT2D eigenvalue weighted by Crippen LogP contribution is -2.41. The largest absolute Gasteiger partial charge is 0.378 e. The second-order valence-electron chi connectivity index (χ2n) is 4.28. The predicted octanol–water partition coefficient (Wildman–Crippen LogP) is 2.14. The molecule has 0 atom stereocenters. The van der Waals surface area contributed by atoms with E-state index in [0.717, 1.165) is 4.91 Å². The molecule has 0 spiro atoms. The number of thioether (sulfide) groups is 1. The SMILES string of the molecule is CSC(C(=O)N1CCOCC1)=C(C)C(C)C. The molecule has 1 aliphatic rings. The van der Waals surface area contributed by atoms with Crippen LogP contribution in [0.1, 0.15) is 20.8 Å². The van der Waals surface area contributed by atoms with Crippen molar-refractivity contribution in [2.24, 2.45) is 5.92 Å². The summed E-state index contributed by atoms with van der Waals surface area (Å²) in [4.78, 5) is 15.1. The molecule has 0 unspecified atom stereocenters. The zero-order chi connectivity index (χ0) is 12.1. The Kier molecular flexibility index (Phi) is 5.35. The molecule has 0 aliphatic carbocycles. The fourth-order valence-electron chi connectivity index (χ4n) is 1.59. The van der Waals surface area contributed by atoms with Crippen LogP contribution in [0, 0.1) is 5.92 Å². The van der Waals surface area contributed by atoms with Crippen LogP contribution in [0.4, 0.5) is 0 Å². The molecule has 0 bridgehead atoms. The second kappa shape index (κ2) is 6.30. The van der Waals surface area contributed by atoms with Gasteiger partial charge in [-0.3, -0.25) is 4.79 Å². The average molecular weight is 243 g/mol. The zero-order valence-electron chi connectivity index (χ0n) is 10.6. The number of hydrogen-bond acceptors (Lipinski definition) is 3. The second-order valence-corrected chi connectivity index (χ2v) is 5.09. The van der Waals surface area contributed by atoms with Gasteiger partial charge in [0.25, 0.3) is 5.91 Å². The van der Waals surface area contributed by atoms with E-state index in [0.29, 0.717) is 32.2 Å². The van der Waals surface area contributed by atoms with Crippen molar-refractivity contribution in [1.82, 2.24) is 4.90 Å². The topological polar surface area (TPSA) is 29.5 Å². The number of amides is 1. The van der Waals surface area contributed by atoms with Crippen LogP contribution in [-0.4, -0.2) is 43.4 Å². The fourth-order valence-corrected chi connectivity index (χ4v) is 2.45. The molecule has 16 heavy (non-hydrogen) atoms. The number of rotatable bonds is 3. The van der Waals surface area contributed by atoms with E-state index in [1.807, 2.05) is 11.2 Å². The Labute approximate surface area is 102 Å². The molecule has 1 rings (SSSR count). The number of ether oxygens (including phenoxy) is 1. The molecule has 1 saturated heterocycles. The van der Waals surface area contributed by atoms with Gasteiger partial charge in [0.05, 0.1) is 18.1 Å². The molecular weight excluding hydrogens is 222 g/mol. The summed E-state index contributed by atoms with van der Waals surface area (Å²) in [5.74, 6) is 0.592. The van der Waals surface area contributed by atoms with Gasteiger partial charge < -0.3 is 9.64 Å². The number of morpholine rings is 1. The molecule has 1 heterocycles. The summed E-state index contributed by atoms with van der Waals surface area (Å²) in [7, 11) is 0. The van der Waals surface area contributed by atoms with Crippen molar-refractivity contribution in [1.29, 1.82) is 0 Å². The maximum absolute atomic E-state index is 12.3. The van der Waals surface area contributed by atoms with Gasteiger partial charge >= 0.3 is 0 Å². The third kappa shape index (κ3) is 3.25. The van der Waals surface area contributed by atoms with E-state index in [1.54, 1.807) is 11.8 Å². The molecule has 1 fully saturated rings. The highest BCUT2D eigenvalue weighted by Crippen LogP contribution is 2.24. The van der Waals surface area contributed by atoms with Gasteiger partial charge in [-0.25, -0.2) is 0 Å². The van der Waals surface area contributed by atoms with Crippen LogP contribution in [0.25, 0.3) is 0 Å². The quantitative estimate of drug-likeness (QED) is 0.711. The first kappa shape index (κ1) is 13.6. The van der Waals surface area contributed by atoms with Crippen LogP contribution in [-0.2, 0) is 9.53 Å². The fraction of sp³-hybridized carbons (Fsp3) is 0.750.